The SMILES string of the molecule is CNC(=O)[C@@H](C)N(CCc1ccccc1)C(=O)CN(c1cccc(Cl)c1)S(=O)(=O)c1ccc(Cl)cc1. The van der Waals surface area contributed by atoms with Crippen LogP contribution < -0.4 is 9.62 Å². The zero-order valence-electron chi connectivity index (χ0n) is 19.9. The summed E-state index contributed by atoms with van der Waals surface area (Å²) in [5.74, 6) is -0.883. The number of amides is 2. The number of hydrogen-bond donors (Lipinski definition) is 1. The quantitative estimate of drug-likeness (QED) is 0.407. The highest BCUT2D eigenvalue weighted by atomic mass is 35.5. The zero-order chi connectivity index (χ0) is 26.3. The number of benzene rings is 3. The summed E-state index contributed by atoms with van der Waals surface area (Å²) in [6.07, 6.45) is 0.495. The first-order valence-electron chi connectivity index (χ1n) is 11.2. The molecule has 190 valence electrons. The van der Waals surface area contributed by atoms with Crippen LogP contribution in [0, 0.1) is 0 Å². The molecule has 10 heteroatoms. The summed E-state index contributed by atoms with van der Waals surface area (Å²) in [6, 6.07) is 20.6. The van der Waals surface area contributed by atoms with Crippen molar-refractivity contribution in [3.05, 3.63) is 94.5 Å². The number of sulfonamides is 1. The van der Waals surface area contributed by atoms with Crippen molar-refractivity contribution in [2.24, 2.45) is 0 Å². The van der Waals surface area contributed by atoms with Crippen LogP contribution in [0.25, 0.3) is 0 Å². The van der Waals surface area contributed by atoms with Gasteiger partial charge in [0.25, 0.3) is 10.0 Å². The average Bonchev–Trinajstić information content (AvgIpc) is 2.87. The normalized spacial score (nSPS) is 12.0. The van der Waals surface area contributed by atoms with Crippen LogP contribution in [0.2, 0.25) is 10.0 Å². The molecule has 0 aromatic heterocycles. The standard InChI is InChI=1S/C26H27Cl2N3O4S/c1-19(26(33)29-2)30(16-15-20-7-4-3-5-8-20)25(32)18-31(23-10-6-9-22(28)17-23)36(34,35)24-13-11-21(27)12-14-24/h3-14,17,19H,15-16,18H2,1-2H3,(H,29,33)/t19-/m1/s1. The predicted molar refractivity (Wildman–Crippen MR) is 143 cm³/mol. The molecule has 3 rings (SSSR count). The van der Waals surface area contributed by atoms with E-state index in [0.29, 0.717) is 16.5 Å². The molecule has 0 aliphatic carbocycles. The van der Waals surface area contributed by atoms with Gasteiger partial charge >= 0.3 is 0 Å². The number of anilines is 1. The summed E-state index contributed by atoms with van der Waals surface area (Å²) in [5, 5.41) is 3.25. The molecule has 0 radical (unpaired) electrons. The zero-order valence-corrected chi connectivity index (χ0v) is 22.2. The maximum Gasteiger partial charge on any atom is 0.264 e. The lowest BCUT2D eigenvalue weighted by molar-refractivity contribution is -0.138. The second-order valence-corrected chi connectivity index (χ2v) is 10.8. The number of carbonyl (C=O) groups excluding carboxylic acids is 2. The molecule has 3 aromatic rings. The van der Waals surface area contributed by atoms with Gasteiger partial charge in [-0.1, -0.05) is 59.6 Å². The maximum absolute atomic E-state index is 13.6. The lowest BCUT2D eigenvalue weighted by Gasteiger charge is -2.31. The molecule has 0 bridgehead atoms. The minimum Gasteiger partial charge on any atom is -0.357 e. The lowest BCUT2D eigenvalue weighted by atomic mass is 10.1. The summed E-state index contributed by atoms with van der Waals surface area (Å²) in [6.45, 7) is 1.31. The van der Waals surface area contributed by atoms with E-state index in [1.54, 1.807) is 25.1 Å². The Bertz CT molecular complexity index is 1300. The van der Waals surface area contributed by atoms with Crippen LogP contribution in [0.1, 0.15) is 12.5 Å². The molecule has 7 nitrogen and oxygen atoms in total. The Labute approximate surface area is 221 Å². The smallest absolute Gasteiger partial charge is 0.264 e. The van der Waals surface area contributed by atoms with Crippen LogP contribution in [0.15, 0.2) is 83.8 Å². The number of nitrogens with zero attached hydrogens (tertiary/aromatic N) is 2. The van der Waals surface area contributed by atoms with Crippen LogP contribution in [-0.4, -0.2) is 51.3 Å². The van der Waals surface area contributed by atoms with E-state index in [0.717, 1.165) is 9.87 Å². The summed E-state index contributed by atoms with van der Waals surface area (Å²) >= 11 is 12.1. The van der Waals surface area contributed by atoms with Crippen molar-refractivity contribution in [3.63, 3.8) is 0 Å². The molecule has 1 N–H and O–H groups in total. The molecular formula is C26H27Cl2N3O4S. The Hall–Kier alpha value is -3.07. The maximum atomic E-state index is 13.6. The van der Waals surface area contributed by atoms with Crippen LogP contribution in [0.5, 0.6) is 0 Å². The van der Waals surface area contributed by atoms with Gasteiger partial charge in [0.05, 0.1) is 10.6 Å². The Balaban J connectivity index is 1.97. The summed E-state index contributed by atoms with van der Waals surface area (Å²) in [5.41, 5.74) is 1.21. The van der Waals surface area contributed by atoms with E-state index in [4.69, 9.17) is 23.2 Å². The van der Waals surface area contributed by atoms with E-state index in [2.05, 4.69) is 5.32 Å². The van der Waals surface area contributed by atoms with Gasteiger partial charge in [-0.3, -0.25) is 13.9 Å². The third-order valence-electron chi connectivity index (χ3n) is 5.67. The van der Waals surface area contributed by atoms with E-state index < -0.39 is 28.5 Å². The number of rotatable bonds is 10. The van der Waals surface area contributed by atoms with Crippen LogP contribution in [-0.2, 0) is 26.0 Å². The van der Waals surface area contributed by atoms with Crippen molar-refractivity contribution in [1.29, 1.82) is 0 Å². The highest BCUT2D eigenvalue weighted by molar-refractivity contribution is 7.92. The second-order valence-electron chi connectivity index (χ2n) is 8.06. The summed E-state index contributed by atoms with van der Waals surface area (Å²) in [4.78, 5) is 27.4. The largest absolute Gasteiger partial charge is 0.357 e. The fraction of sp³-hybridized carbons (Fsp3) is 0.231. The van der Waals surface area contributed by atoms with Crippen molar-refractivity contribution < 1.29 is 18.0 Å². The van der Waals surface area contributed by atoms with E-state index in [9.17, 15) is 18.0 Å². The van der Waals surface area contributed by atoms with Crippen LogP contribution in [0.4, 0.5) is 5.69 Å². The first kappa shape index (κ1) is 27.5. The summed E-state index contributed by atoms with van der Waals surface area (Å²) < 4.78 is 28.3. The molecule has 0 aliphatic heterocycles. The van der Waals surface area contributed by atoms with Gasteiger partial charge in [0.15, 0.2) is 0 Å². The molecular weight excluding hydrogens is 521 g/mol. The molecule has 3 aromatic carbocycles. The van der Waals surface area contributed by atoms with E-state index in [-0.39, 0.29) is 23.0 Å². The Morgan fingerprint density at radius 3 is 2.19 bits per heavy atom. The van der Waals surface area contributed by atoms with Crippen LogP contribution in [0.3, 0.4) is 0 Å². The molecule has 0 unspecified atom stereocenters. The number of hydrogen-bond acceptors (Lipinski definition) is 4. The van der Waals surface area contributed by atoms with E-state index >= 15 is 0 Å². The second kappa shape index (κ2) is 12.3. The molecule has 0 heterocycles. The van der Waals surface area contributed by atoms with Gasteiger partial charge in [0, 0.05) is 23.6 Å². The average molecular weight is 548 g/mol. The Morgan fingerprint density at radius 2 is 1.58 bits per heavy atom. The third kappa shape index (κ3) is 6.78. The third-order valence-corrected chi connectivity index (χ3v) is 7.95. The number of likely N-dealkylation sites (N-methyl/N-ethyl adjacent to an activating group) is 1. The van der Waals surface area contributed by atoms with Gasteiger partial charge in [-0.2, -0.15) is 0 Å². The lowest BCUT2D eigenvalue weighted by Crippen LogP contribution is -2.51. The summed E-state index contributed by atoms with van der Waals surface area (Å²) in [7, 11) is -2.68. The number of halogens is 2. The monoisotopic (exact) mass is 547 g/mol. The fourth-order valence-electron chi connectivity index (χ4n) is 3.67. The highest BCUT2D eigenvalue weighted by Crippen LogP contribution is 2.27. The molecule has 0 saturated carbocycles. The van der Waals surface area contributed by atoms with E-state index in [1.165, 1.54) is 42.3 Å². The topological polar surface area (TPSA) is 86.8 Å². The predicted octanol–water partition coefficient (Wildman–Crippen LogP) is 4.39. The van der Waals surface area contributed by atoms with Crippen molar-refractivity contribution in [1.82, 2.24) is 10.2 Å². The van der Waals surface area contributed by atoms with Crippen molar-refractivity contribution in [3.8, 4) is 0 Å². The van der Waals surface area contributed by atoms with Gasteiger partial charge in [0.1, 0.15) is 12.6 Å². The van der Waals surface area contributed by atoms with Crippen molar-refractivity contribution >= 4 is 50.7 Å². The minimum atomic E-state index is -4.17. The molecule has 0 saturated heterocycles. The molecule has 36 heavy (non-hydrogen) atoms. The number of carbonyl (C=O) groups is 2. The van der Waals surface area contributed by atoms with Gasteiger partial charge in [0.2, 0.25) is 11.8 Å². The van der Waals surface area contributed by atoms with Gasteiger partial charge in [-0.25, -0.2) is 8.42 Å². The molecule has 1 atom stereocenters. The number of nitrogens with one attached hydrogen (secondary N) is 1. The minimum absolute atomic E-state index is 0.0325. The van der Waals surface area contributed by atoms with Gasteiger partial charge in [-0.05, 0) is 61.4 Å². The molecule has 2 amide bonds. The van der Waals surface area contributed by atoms with Crippen molar-refractivity contribution in [2.45, 2.75) is 24.3 Å². The highest BCUT2D eigenvalue weighted by Gasteiger charge is 2.32. The molecule has 0 spiro atoms. The molecule has 0 fully saturated rings. The Kier molecular flexibility index (Phi) is 9.37. The van der Waals surface area contributed by atoms with Gasteiger partial charge < -0.3 is 10.2 Å². The molecule has 0 aliphatic rings. The first-order valence-corrected chi connectivity index (χ1v) is 13.4. The van der Waals surface area contributed by atoms with E-state index in [1.807, 2.05) is 30.3 Å². The first-order chi connectivity index (χ1) is 17.1. The van der Waals surface area contributed by atoms with Crippen molar-refractivity contribution in [2.75, 3.05) is 24.4 Å². The van der Waals surface area contributed by atoms with Gasteiger partial charge in [-0.15, -0.1) is 0 Å². The Morgan fingerprint density at radius 1 is 0.917 bits per heavy atom. The fourth-order valence-corrected chi connectivity index (χ4v) is 5.39. The van der Waals surface area contributed by atoms with Crippen LogP contribution >= 0.6 is 23.2 Å².